The second kappa shape index (κ2) is 8.85. The molecule has 0 aliphatic rings. The maximum absolute atomic E-state index is 12.1. The number of carboxylic acids is 1. The number of hydrogen-bond acceptors (Lipinski definition) is 5. The topological polar surface area (TPSA) is 96.4 Å². The van der Waals surface area contributed by atoms with Crippen LogP contribution in [0.5, 0.6) is 0 Å². The number of pyridine rings is 1. The lowest BCUT2D eigenvalue weighted by Crippen LogP contribution is -2.21. The molecule has 28 heavy (non-hydrogen) atoms. The van der Waals surface area contributed by atoms with E-state index in [0.717, 1.165) is 11.1 Å². The molecule has 0 saturated heterocycles. The molecular formula is C17H13F3N2O4S2. The van der Waals surface area contributed by atoms with Crippen molar-refractivity contribution in [2.45, 2.75) is 10.4 Å². The molecule has 0 fully saturated rings. The standard InChI is InChI=1S/C15H12N2O2S2.C2HF3O2/c18-21(19,15-2-1-11-20-15)17-14-5-3-12(4-6-14)13-7-9-16-10-8-13;3-2(4,5)1(6)7/h1-11,17H;(H,6,7). The fourth-order valence-electron chi connectivity index (χ4n) is 1.90. The number of rotatable bonds is 4. The molecule has 0 aliphatic heterocycles. The highest BCUT2D eigenvalue weighted by Gasteiger charge is 2.38. The molecular weight excluding hydrogens is 417 g/mol. The number of thiophene rings is 1. The van der Waals surface area contributed by atoms with Crippen LogP contribution in [0.3, 0.4) is 0 Å². The maximum atomic E-state index is 12.1. The zero-order valence-electron chi connectivity index (χ0n) is 13.9. The first-order chi connectivity index (χ1) is 13.1. The number of nitrogens with zero attached hydrogens (tertiary/aromatic N) is 1. The fraction of sp³-hybridized carbons (Fsp3) is 0.0588. The van der Waals surface area contributed by atoms with Gasteiger partial charge in [0, 0.05) is 18.1 Å². The zero-order chi connectivity index (χ0) is 20.8. The van der Waals surface area contributed by atoms with Crippen molar-refractivity contribution in [1.82, 2.24) is 4.98 Å². The van der Waals surface area contributed by atoms with Crippen LogP contribution in [0.15, 0.2) is 70.5 Å². The highest BCUT2D eigenvalue weighted by Crippen LogP contribution is 2.23. The van der Waals surface area contributed by atoms with E-state index in [1.807, 2.05) is 24.3 Å². The van der Waals surface area contributed by atoms with Crippen LogP contribution in [0.25, 0.3) is 11.1 Å². The van der Waals surface area contributed by atoms with Crippen molar-refractivity contribution >= 4 is 33.0 Å². The van der Waals surface area contributed by atoms with Gasteiger partial charge in [0.25, 0.3) is 10.0 Å². The van der Waals surface area contributed by atoms with Gasteiger partial charge in [-0.2, -0.15) is 13.2 Å². The molecule has 2 heterocycles. The van der Waals surface area contributed by atoms with Crippen molar-refractivity contribution in [3.05, 3.63) is 66.3 Å². The van der Waals surface area contributed by atoms with E-state index in [0.29, 0.717) is 9.90 Å². The number of anilines is 1. The smallest absolute Gasteiger partial charge is 0.475 e. The zero-order valence-corrected chi connectivity index (χ0v) is 15.6. The van der Waals surface area contributed by atoms with Crippen LogP contribution in [0.4, 0.5) is 18.9 Å². The molecule has 6 nitrogen and oxygen atoms in total. The highest BCUT2D eigenvalue weighted by molar-refractivity contribution is 7.94. The Morgan fingerprint density at radius 3 is 2.00 bits per heavy atom. The molecule has 11 heteroatoms. The van der Waals surface area contributed by atoms with Crippen LogP contribution in [0.2, 0.25) is 0 Å². The van der Waals surface area contributed by atoms with Crippen molar-refractivity contribution in [1.29, 1.82) is 0 Å². The molecule has 0 saturated carbocycles. The average molecular weight is 430 g/mol. The molecule has 2 aromatic heterocycles. The lowest BCUT2D eigenvalue weighted by atomic mass is 10.1. The number of alkyl halides is 3. The van der Waals surface area contributed by atoms with Crippen LogP contribution in [0.1, 0.15) is 0 Å². The molecule has 0 unspecified atom stereocenters. The van der Waals surface area contributed by atoms with E-state index in [2.05, 4.69) is 9.71 Å². The Kier molecular flexibility index (Phi) is 6.75. The third-order valence-corrected chi connectivity index (χ3v) is 5.93. The molecule has 148 valence electrons. The van der Waals surface area contributed by atoms with Crippen molar-refractivity contribution < 1.29 is 31.5 Å². The summed E-state index contributed by atoms with van der Waals surface area (Å²) in [6.07, 6.45) is -1.63. The van der Waals surface area contributed by atoms with Gasteiger partial charge in [0.05, 0.1) is 0 Å². The molecule has 2 N–H and O–H groups in total. The Morgan fingerprint density at radius 1 is 1.00 bits per heavy atom. The third kappa shape index (κ3) is 6.06. The van der Waals surface area contributed by atoms with E-state index in [9.17, 15) is 21.6 Å². The van der Waals surface area contributed by atoms with E-state index in [4.69, 9.17) is 9.90 Å². The van der Waals surface area contributed by atoms with Crippen LogP contribution in [-0.4, -0.2) is 30.7 Å². The van der Waals surface area contributed by atoms with E-state index < -0.39 is 22.2 Å². The lowest BCUT2D eigenvalue weighted by molar-refractivity contribution is -0.192. The second-order valence-electron chi connectivity index (χ2n) is 5.15. The van der Waals surface area contributed by atoms with E-state index >= 15 is 0 Å². The van der Waals surface area contributed by atoms with E-state index in [1.165, 1.54) is 11.3 Å². The predicted octanol–water partition coefficient (Wildman–Crippen LogP) is 4.24. The molecule has 1 aromatic carbocycles. The molecule has 0 atom stereocenters. The van der Waals surface area contributed by atoms with Gasteiger partial charge >= 0.3 is 12.1 Å². The SMILES string of the molecule is O=C(O)C(F)(F)F.O=S(=O)(Nc1ccc(-c2ccncc2)cc1)c1cccs1. The van der Waals surface area contributed by atoms with Crippen molar-refractivity contribution in [2.24, 2.45) is 0 Å². The quantitative estimate of drug-likeness (QED) is 0.645. The number of nitrogens with one attached hydrogen (secondary N) is 1. The minimum Gasteiger partial charge on any atom is -0.475 e. The van der Waals surface area contributed by atoms with Gasteiger partial charge in [0.1, 0.15) is 4.21 Å². The van der Waals surface area contributed by atoms with Crippen LogP contribution in [-0.2, 0) is 14.8 Å². The summed E-state index contributed by atoms with van der Waals surface area (Å²) in [5, 5.41) is 8.86. The average Bonchev–Trinajstić information content (AvgIpc) is 3.18. The predicted molar refractivity (Wildman–Crippen MR) is 98.5 cm³/mol. The number of aliphatic carboxylic acids is 1. The first-order valence-corrected chi connectivity index (χ1v) is 9.83. The van der Waals surface area contributed by atoms with Gasteiger partial charge in [-0.25, -0.2) is 13.2 Å². The number of hydrogen-bond donors (Lipinski definition) is 2. The number of halogens is 3. The number of sulfonamides is 1. The lowest BCUT2D eigenvalue weighted by Gasteiger charge is -2.07. The number of carbonyl (C=O) groups is 1. The van der Waals surface area contributed by atoms with Gasteiger partial charge < -0.3 is 5.11 Å². The number of aromatic nitrogens is 1. The van der Waals surface area contributed by atoms with Crippen LogP contribution >= 0.6 is 11.3 Å². The third-order valence-electron chi connectivity index (χ3n) is 3.15. The first kappa shape index (κ1) is 21.4. The largest absolute Gasteiger partial charge is 0.490 e. The summed E-state index contributed by atoms with van der Waals surface area (Å²) in [7, 11) is -3.49. The molecule has 0 bridgehead atoms. The Bertz CT molecular complexity index is 1000. The molecule has 0 aliphatic carbocycles. The normalized spacial score (nSPS) is 11.2. The maximum Gasteiger partial charge on any atom is 0.490 e. The van der Waals surface area contributed by atoms with Crippen molar-refractivity contribution in [3.63, 3.8) is 0 Å². The van der Waals surface area contributed by atoms with Gasteiger partial charge in [0.15, 0.2) is 0 Å². The van der Waals surface area contributed by atoms with Crippen molar-refractivity contribution in [3.8, 4) is 11.1 Å². The highest BCUT2D eigenvalue weighted by atomic mass is 32.2. The summed E-state index contributed by atoms with van der Waals surface area (Å²) in [5.41, 5.74) is 2.59. The van der Waals surface area contributed by atoms with Crippen molar-refractivity contribution in [2.75, 3.05) is 4.72 Å². The Hall–Kier alpha value is -2.92. The minimum absolute atomic E-state index is 0.306. The minimum atomic E-state index is -5.08. The second-order valence-corrected chi connectivity index (χ2v) is 8.01. The number of benzene rings is 1. The van der Waals surface area contributed by atoms with E-state index in [1.54, 1.807) is 42.0 Å². The Labute approximate surface area is 162 Å². The summed E-state index contributed by atoms with van der Waals surface area (Å²) >= 11 is 1.19. The molecule has 0 spiro atoms. The molecule has 0 amide bonds. The van der Waals surface area contributed by atoms with E-state index in [-0.39, 0.29) is 0 Å². The van der Waals surface area contributed by atoms with Gasteiger partial charge in [-0.1, -0.05) is 18.2 Å². The molecule has 0 radical (unpaired) electrons. The molecule has 3 rings (SSSR count). The summed E-state index contributed by atoms with van der Waals surface area (Å²) in [5.74, 6) is -2.76. The first-order valence-electron chi connectivity index (χ1n) is 7.46. The van der Waals surface area contributed by atoms with Crippen LogP contribution < -0.4 is 4.72 Å². The monoisotopic (exact) mass is 430 g/mol. The Morgan fingerprint density at radius 2 is 1.54 bits per heavy atom. The number of carboxylic acid groups (broad SMARTS) is 1. The Balaban J connectivity index is 0.000000345. The van der Waals surface area contributed by atoms with Gasteiger partial charge in [0.2, 0.25) is 0 Å². The molecule has 3 aromatic rings. The summed E-state index contributed by atoms with van der Waals surface area (Å²) < 4.78 is 58.8. The van der Waals surface area contributed by atoms with Gasteiger partial charge in [-0.05, 0) is 46.8 Å². The summed E-state index contributed by atoms with van der Waals surface area (Å²) in [6.45, 7) is 0. The van der Waals surface area contributed by atoms with Gasteiger partial charge in [-0.15, -0.1) is 11.3 Å². The fourth-order valence-corrected chi connectivity index (χ4v) is 3.95. The summed E-state index contributed by atoms with van der Waals surface area (Å²) in [4.78, 5) is 12.9. The van der Waals surface area contributed by atoms with Gasteiger partial charge in [-0.3, -0.25) is 9.71 Å². The van der Waals surface area contributed by atoms with Crippen LogP contribution in [0, 0.1) is 0 Å². The summed E-state index contributed by atoms with van der Waals surface area (Å²) in [6, 6.07) is 14.4.